The molecule has 0 aliphatic carbocycles. The van der Waals surface area contributed by atoms with Crippen LogP contribution in [0.5, 0.6) is 0 Å². The van der Waals surface area contributed by atoms with Gasteiger partial charge in [-0.1, -0.05) is 39.0 Å². The number of nitrogens with zero attached hydrogens (tertiary/aromatic N) is 1. The van der Waals surface area contributed by atoms with E-state index in [4.69, 9.17) is 0 Å². The molecule has 1 aromatic carbocycles. The predicted molar refractivity (Wildman–Crippen MR) is 79.3 cm³/mol. The van der Waals surface area contributed by atoms with E-state index in [1.807, 2.05) is 6.07 Å². The summed E-state index contributed by atoms with van der Waals surface area (Å²) in [4.78, 5) is 2.42. The number of rotatable bonds is 2. The second kappa shape index (κ2) is 5.99. The monoisotopic (exact) mass is 299 g/mol. The molecule has 0 unspecified atom stereocenters. The van der Waals surface area contributed by atoms with Gasteiger partial charge in [-0.25, -0.2) is 0 Å². The minimum Gasteiger partial charge on any atom is -0.303 e. The van der Waals surface area contributed by atoms with Crippen LogP contribution in [0.25, 0.3) is 0 Å². The van der Waals surface area contributed by atoms with Gasteiger partial charge in [-0.2, -0.15) is 13.2 Å². The Hall–Kier alpha value is -1.03. The third-order valence-corrected chi connectivity index (χ3v) is 3.97. The van der Waals surface area contributed by atoms with Crippen LogP contribution in [0.3, 0.4) is 0 Å². The molecule has 1 heterocycles. The molecular weight excluding hydrogens is 275 g/mol. The zero-order valence-corrected chi connectivity index (χ0v) is 13.0. The molecule has 0 radical (unpaired) electrons. The Labute approximate surface area is 125 Å². The summed E-state index contributed by atoms with van der Waals surface area (Å²) < 4.78 is 38.3. The van der Waals surface area contributed by atoms with Crippen LogP contribution >= 0.6 is 0 Å². The molecule has 1 saturated heterocycles. The minimum atomic E-state index is -4.25. The fraction of sp³-hybridized carbons (Fsp3) is 0.647. The first-order valence-corrected chi connectivity index (χ1v) is 7.55. The lowest BCUT2D eigenvalue weighted by atomic mass is 9.87. The molecule has 21 heavy (non-hydrogen) atoms. The van der Waals surface area contributed by atoms with E-state index in [2.05, 4.69) is 25.7 Å². The van der Waals surface area contributed by atoms with E-state index in [0.29, 0.717) is 0 Å². The summed E-state index contributed by atoms with van der Waals surface area (Å²) in [7, 11) is 0. The molecule has 118 valence electrons. The third kappa shape index (κ3) is 4.73. The van der Waals surface area contributed by atoms with Crippen molar-refractivity contribution in [3.63, 3.8) is 0 Å². The van der Waals surface area contributed by atoms with Gasteiger partial charge >= 0.3 is 6.18 Å². The van der Waals surface area contributed by atoms with Crippen molar-refractivity contribution >= 4 is 0 Å². The van der Waals surface area contributed by atoms with E-state index in [0.717, 1.165) is 44.1 Å². The van der Waals surface area contributed by atoms with Gasteiger partial charge in [-0.3, -0.25) is 0 Å². The Morgan fingerprint density at radius 3 is 2.24 bits per heavy atom. The predicted octanol–water partition coefficient (Wildman–Crippen LogP) is 4.93. The van der Waals surface area contributed by atoms with Crippen molar-refractivity contribution < 1.29 is 13.2 Å². The summed E-state index contributed by atoms with van der Waals surface area (Å²) in [6.45, 7) is 9.63. The zero-order valence-electron chi connectivity index (χ0n) is 13.0. The van der Waals surface area contributed by atoms with Gasteiger partial charge in [0.05, 0.1) is 5.56 Å². The van der Waals surface area contributed by atoms with Crippen molar-refractivity contribution in [2.45, 2.75) is 45.7 Å². The van der Waals surface area contributed by atoms with Gasteiger partial charge in [-0.05, 0) is 48.9 Å². The molecule has 1 aromatic rings. The Balaban J connectivity index is 1.99. The van der Waals surface area contributed by atoms with E-state index in [1.54, 1.807) is 0 Å². The molecule has 0 saturated carbocycles. The fourth-order valence-electron chi connectivity index (χ4n) is 3.06. The molecule has 0 amide bonds. The average Bonchev–Trinajstić information content (AvgIpc) is 2.37. The van der Waals surface area contributed by atoms with Crippen molar-refractivity contribution in [1.82, 2.24) is 4.90 Å². The highest BCUT2D eigenvalue weighted by atomic mass is 19.4. The molecule has 1 aliphatic rings. The largest absolute Gasteiger partial charge is 0.416 e. The van der Waals surface area contributed by atoms with Crippen LogP contribution in [0.15, 0.2) is 24.3 Å². The SMILES string of the molecule is CC(C)(C)CN1CCC(c2cccc(C(F)(F)F)c2)CC1. The van der Waals surface area contributed by atoms with Crippen LogP contribution in [-0.2, 0) is 6.18 Å². The summed E-state index contributed by atoms with van der Waals surface area (Å²) in [5.41, 5.74) is 0.570. The lowest BCUT2D eigenvalue weighted by Gasteiger charge is -2.36. The van der Waals surface area contributed by atoms with Crippen LogP contribution in [0, 0.1) is 5.41 Å². The summed E-state index contributed by atoms with van der Waals surface area (Å²) in [6.07, 6.45) is -2.36. The highest BCUT2D eigenvalue weighted by Crippen LogP contribution is 2.34. The molecule has 0 N–H and O–H groups in total. The number of hydrogen-bond donors (Lipinski definition) is 0. The van der Waals surface area contributed by atoms with Crippen LogP contribution in [-0.4, -0.2) is 24.5 Å². The number of benzene rings is 1. The number of likely N-dealkylation sites (tertiary alicyclic amines) is 1. The van der Waals surface area contributed by atoms with Crippen LogP contribution < -0.4 is 0 Å². The number of alkyl halides is 3. The number of piperidine rings is 1. The number of halogens is 3. The Kier molecular flexibility index (Phi) is 4.66. The maximum Gasteiger partial charge on any atom is 0.416 e. The normalized spacial score (nSPS) is 19.0. The van der Waals surface area contributed by atoms with Crippen molar-refractivity contribution in [3.8, 4) is 0 Å². The van der Waals surface area contributed by atoms with Crippen molar-refractivity contribution in [3.05, 3.63) is 35.4 Å². The fourth-order valence-corrected chi connectivity index (χ4v) is 3.06. The standard InChI is InChI=1S/C17H24F3N/c1-16(2,3)12-21-9-7-13(8-10-21)14-5-4-6-15(11-14)17(18,19)20/h4-6,11,13H,7-10,12H2,1-3H3. The van der Waals surface area contributed by atoms with Gasteiger partial charge in [-0.15, -0.1) is 0 Å². The minimum absolute atomic E-state index is 0.253. The van der Waals surface area contributed by atoms with Crippen molar-refractivity contribution in [2.75, 3.05) is 19.6 Å². The van der Waals surface area contributed by atoms with Gasteiger partial charge in [0.15, 0.2) is 0 Å². The highest BCUT2D eigenvalue weighted by molar-refractivity contribution is 5.28. The van der Waals surface area contributed by atoms with Crippen LogP contribution in [0.1, 0.15) is 50.7 Å². The summed E-state index contributed by atoms with van der Waals surface area (Å²) >= 11 is 0. The maximum absolute atomic E-state index is 12.8. The second-order valence-electron chi connectivity index (χ2n) is 7.23. The molecular formula is C17H24F3N. The van der Waals surface area contributed by atoms with Crippen molar-refractivity contribution in [2.24, 2.45) is 5.41 Å². The first-order chi connectivity index (χ1) is 9.65. The zero-order chi connectivity index (χ0) is 15.7. The molecule has 1 aliphatic heterocycles. The van der Waals surface area contributed by atoms with Crippen LogP contribution in [0.4, 0.5) is 13.2 Å². The molecule has 2 rings (SSSR count). The molecule has 1 fully saturated rings. The van der Waals surface area contributed by atoms with Gasteiger partial charge < -0.3 is 4.90 Å². The average molecular weight is 299 g/mol. The Morgan fingerprint density at radius 1 is 1.10 bits per heavy atom. The first-order valence-electron chi connectivity index (χ1n) is 7.55. The van der Waals surface area contributed by atoms with Gasteiger partial charge in [0.25, 0.3) is 0 Å². The van der Waals surface area contributed by atoms with E-state index >= 15 is 0 Å². The maximum atomic E-state index is 12.8. The number of hydrogen-bond acceptors (Lipinski definition) is 1. The van der Waals surface area contributed by atoms with E-state index in [-0.39, 0.29) is 11.3 Å². The smallest absolute Gasteiger partial charge is 0.303 e. The molecule has 0 bridgehead atoms. The Morgan fingerprint density at radius 2 is 1.71 bits per heavy atom. The second-order valence-corrected chi connectivity index (χ2v) is 7.23. The topological polar surface area (TPSA) is 3.24 Å². The highest BCUT2D eigenvalue weighted by Gasteiger charge is 2.31. The Bertz CT molecular complexity index is 466. The first kappa shape index (κ1) is 16.3. The molecule has 1 nitrogen and oxygen atoms in total. The summed E-state index contributed by atoms with van der Waals surface area (Å²) in [6, 6.07) is 5.83. The van der Waals surface area contributed by atoms with E-state index < -0.39 is 11.7 Å². The summed E-state index contributed by atoms with van der Waals surface area (Å²) in [5, 5.41) is 0. The third-order valence-electron chi connectivity index (χ3n) is 3.97. The quantitative estimate of drug-likeness (QED) is 0.748. The van der Waals surface area contributed by atoms with Gasteiger partial charge in [0.1, 0.15) is 0 Å². The van der Waals surface area contributed by atoms with E-state index in [1.165, 1.54) is 12.1 Å². The van der Waals surface area contributed by atoms with Crippen LogP contribution in [0.2, 0.25) is 0 Å². The molecule has 0 atom stereocenters. The summed E-state index contributed by atoms with van der Waals surface area (Å²) in [5.74, 6) is 0.253. The molecule has 4 heteroatoms. The van der Waals surface area contributed by atoms with Gasteiger partial charge in [0, 0.05) is 6.54 Å². The van der Waals surface area contributed by atoms with E-state index in [9.17, 15) is 13.2 Å². The molecule has 0 aromatic heterocycles. The molecule has 0 spiro atoms. The lowest BCUT2D eigenvalue weighted by Crippen LogP contribution is -2.38. The van der Waals surface area contributed by atoms with Gasteiger partial charge in [0.2, 0.25) is 0 Å². The lowest BCUT2D eigenvalue weighted by molar-refractivity contribution is -0.137. The van der Waals surface area contributed by atoms with Crippen molar-refractivity contribution in [1.29, 1.82) is 0 Å².